The highest BCUT2D eigenvalue weighted by molar-refractivity contribution is 6.35. The largest absolute Gasteiger partial charge is 0.491 e. The van der Waals surface area contributed by atoms with Gasteiger partial charge < -0.3 is 24.0 Å². The van der Waals surface area contributed by atoms with Gasteiger partial charge in [0.1, 0.15) is 44.0 Å². The fourth-order valence-electron chi connectivity index (χ4n) is 6.42. The van der Waals surface area contributed by atoms with Crippen molar-refractivity contribution in [1.29, 1.82) is 0 Å². The minimum Gasteiger partial charge on any atom is -0.491 e. The Bertz CT molecular complexity index is 1970. The van der Waals surface area contributed by atoms with E-state index in [1.54, 1.807) is 34.0 Å². The summed E-state index contributed by atoms with van der Waals surface area (Å²) in [6.07, 6.45) is 10.3. The number of hydrogen-bond acceptors (Lipinski definition) is 9. The molecule has 3 aromatic carbocycles. The molecule has 0 N–H and O–H groups in total. The van der Waals surface area contributed by atoms with Gasteiger partial charge in [-0.1, -0.05) is 48.3 Å². The van der Waals surface area contributed by atoms with Gasteiger partial charge >= 0.3 is 5.69 Å². The van der Waals surface area contributed by atoms with Crippen LogP contribution in [0.4, 0.5) is 11.4 Å². The van der Waals surface area contributed by atoms with Crippen molar-refractivity contribution in [3.63, 3.8) is 0 Å². The molecular weight excluding hydrogens is 691 g/mol. The molecule has 0 spiro atoms. The van der Waals surface area contributed by atoms with E-state index in [1.807, 2.05) is 30.3 Å². The Morgan fingerprint density at radius 2 is 1.61 bits per heavy atom. The van der Waals surface area contributed by atoms with Crippen molar-refractivity contribution >= 4 is 34.6 Å². The Balaban J connectivity index is 0.908. The number of allylic oxidation sites excluding steroid dienone is 2. The van der Waals surface area contributed by atoms with Crippen molar-refractivity contribution in [1.82, 2.24) is 29.1 Å². The lowest BCUT2D eigenvalue weighted by atomic mass is 10.1. The highest BCUT2D eigenvalue weighted by atomic mass is 35.5. The highest BCUT2D eigenvalue weighted by Gasteiger charge is 2.45. The average molecular weight is 732 g/mol. The molecule has 4 heterocycles. The van der Waals surface area contributed by atoms with Crippen LogP contribution < -0.4 is 20.2 Å². The minimum atomic E-state index is -1.16. The van der Waals surface area contributed by atoms with Gasteiger partial charge in [-0.3, -0.25) is 0 Å². The van der Waals surface area contributed by atoms with Gasteiger partial charge in [-0.05, 0) is 73.5 Å². The fraction of sp³-hybridized carbons (Fsp3) is 0.351. The van der Waals surface area contributed by atoms with Crippen LogP contribution in [0.2, 0.25) is 10.0 Å². The molecule has 0 radical (unpaired) electrons. The SMILES string of the molecule is CC/C=C\CCn1ncn(-c2ccc(N3CCN(c4ccc(OC[C@@H]5CO[C@@](Cn6cncn6)(c6ccc(Cl)cc6Cl)O5)cc4)CC3)cc2)c1=O. The van der Waals surface area contributed by atoms with E-state index in [1.165, 1.54) is 11.0 Å². The molecule has 14 heteroatoms. The minimum absolute atomic E-state index is 0.125. The first-order chi connectivity index (χ1) is 24.9. The summed E-state index contributed by atoms with van der Waals surface area (Å²) in [4.78, 5) is 21.6. The summed E-state index contributed by atoms with van der Waals surface area (Å²) in [6, 6.07) is 21.5. The van der Waals surface area contributed by atoms with E-state index in [9.17, 15) is 4.79 Å². The number of aromatic nitrogens is 6. The second-order valence-electron chi connectivity index (χ2n) is 12.5. The monoisotopic (exact) mass is 730 g/mol. The first kappa shape index (κ1) is 34.8. The number of piperazine rings is 1. The summed E-state index contributed by atoms with van der Waals surface area (Å²) in [7, 11) is 0. The third-order valence-electron chi connectivity index (χ3n) is 9.09. The predicted molar refractivity (Wildman–Crippen MR) is 197 cm³/mol. The van der Waals surface area contributed by atoms with Crippen LogP contribution in [0.3, 0.4) is 0 Å². The van der Waals surface area contributed by atoms with Gasteiger partial charge in [0.25, 0.3) is 0 Å². The third-order valence-corrected chi connectivity index (χ3v) is 9.64. The summed E-state index contributed by atoms with van der Waals surface area (Å²) in [5.74, 6) is -0.413. The zero-order valence-corrected chi connectivity index (χ0v) is 29.9. The molecule has 2 aromatic heterocycles. The Labute approximate surface area is 306 Å². The molecule has 5 aromatic rings. The van der Waals surface area contributed by atoms with E-state index in [2.05, 4.69) is 68.3 Å². The number of halogens is 2. The van der Waals surface area contributed by atoms with Crippen molar-refractivity contribution in [3.8, 4) is 11.4 Å². The normalized spacial score (nSPS) is 19.3. The zero-order valence-electron chi connectivity index (χ0n) is 28.4. The molecule has 2 aliphatic heterocycles. The number of benzene rings is 3. The predicted octanol–water partition coefficient (Wildman–Crippen LogP) is 5.96. The topological polar surface area (TPSA) is 105 Å². The van der Waals surface area contributed by atoms with Crippen LogP contribution in [0.15, 0.2) is 103 Å². The summed E-state index contributed by atoms with van der Waals surface area (Å²) >= 11 is 12.7. The van der Waals surface area contributed by atoms with E-state index in [0.717, 1.165) is 61.8 Å². The molecule has 2 atom stereocenters. The van der Waals surface area contributed by atoms with Crippen LogP contribution in [0.1, 0.15) is 25.3 Å². The molecule has 266 valence electrons. The van der Waals surface area contributed by atoms with Crippen LogP contribution >= 0.6 is 23.2 Å². The number of anilines is 2. The van der Waals surface area contributed by atoms with Crippen LogP contribution in [-0.2, 0) is 28.4 Å². The van der Waals surface area contributed by atoms with Gasteiger partial charge in [-0.2, -0.15) is 10.2 Å². The van der Waals surface area contributed by atoms with Gasteiger partial charge in [-0.25, -0.2) is 23.7 Å². The molecular formula is C37H40Cl2N8O4. The van der Waals surface area contributed by atoms with E-state index in [0.29, 0.717) is 35.4 Å². The molecule has 0 saturated carbocycles. The van der Waals surface area contributed by atoms with Crippen LogP contribution in [0, 0.1) is 0 Å². The molecule has 0 amide bonds. The summed E-state index contributed by atoms with van der Waals surface area (Å²) in [5.41, 5.74) is 3.63. The Hall–Kier alpha value is -4.62. The van der Waals surface area contributed by atoms with Gasteiger partial charge in [0.05, 0.1) is 17.3 Å². The summed E-state index contributed by atoms with van der Waals surface area (Å²) in [5, 5.41) is 9.50. The molecule has 51 heavy (non-hydrogen) atoms. The first-order valence-electron chi connectivity index (χ1n) is 17.1. The van der Waals surface area contributed by atoms with Crippen molar-refractivity contribution in [2.75, 3.05) is 49.2 Å². The van der Waals surface area contributed by atoms with Gasteiger partial charge in [0.2, 0.25) is 5.79 Å². The highest BCUT2D eigenvalue weighted by Crippen LogP contribution is 2.40. The van der Waals surface area contributed by atoms with Gasteiger partial charge in [0, 0.05) is 54.7 Å². The van der Waals surface area contributed by atoms with Crippen LogP contribution in [0.25, 0.3) is 5.69 Å². The maximum absolute atomic E-state index is 12.8. The van der Waals surface area contributed by atoms with E-state index < -0.39 is 5.79 Å². The van der Waals surface area contributed by atoms with E-state index in [-0.39, 0.29) is 18.3 Å². The lowest BCUT2D eigenvalue weighted by Gasteiger charge is -2.37. The van der Waals surface area contributed by atoms with Crippen molar-refractivity contribution in [3.05, 3.63) is 124 Å². The van der Waals surface area contributed by atoms with Crippen molar-refractivity contribution in [2.45, 2.75) is 44.7 Å². The molecule has 0 bridgehead atoms. The molecule has 2 saturated heterocycles. The van der Waals surface area contributed by atoms with Crippen LogP contribution in [0.5, 0.6) is 5.75 Å². The Morgan fingerprint density at radius 3 is 2.27 bits per heavy atom. The number of hydrogen-bond donors (Lipinski definition) is 0. The molecule has 7 rings (SSSR count). The zero-order chi connectivity index (χ0) is 35.2. The quantitative estimate of drug-likeness (QED) is 0.136. The van der Waals surface area contributed by atoms with E-state index in [4.69, 9.17) is 37.4 Å². The number of aryl methyl sites for hydroxylation is 1. The maximum Gasteiger partial charge on any atom is 0.350 e. The number of nitrogens with zero attached hydrogens (tertiary/aromatic N) is 8. The standard InChI is InChI=1S/C37H40Cl2N8O4/c1-2-3-4-5-16-47-36(48)46(27-42-47)31-9-7-29(8-10-31)43-17-19-44(20-18-43)30-11-13-32(14-12-30)49-22-33-23-50-37(51-33,24-45-26-40-25-41-45)34-15-6-28(38)21-35(34)39/h3-4,6-15,21,25-27,33H,2,5,16-20,22-24H2,1H3/b4-3-/t33-,37-/m1/s1. The second kappa shape index (κ2) is 15.7. The molecule has 12 nitrogen and oxygen atoms in total. The van der Waals surface area contributed by atoms with E-state index >= 15 is 0 Å². The Morgan fingerprint density at radius 1 is 0.902 bits per heavy atom. The molecule has 0 unspecified atom stereocenters. The number of ether oxygens (including phenoxy) is 3. The maximum atomic E-state index is 12.8. The molecule has 2 fully saturated rings. The van der Waals surface area contributed by atoms with Gasteiger partial charge in [0.15, 0.2) is 0 Å². The Kier molecular flexibility index (Phi) is 10.7. The summed E-state index contributed by atoms with van der Waals surface area (Å²) in [6.45, 7) is 7.08. The smallest absolute Gasteiger partial charge is 0.350 e. The fourth-order valence-corrected chi connectivity index (χ4v) is 6.97. The van der Waals surface area contributed by atoms with Crippen LogP contribution in [-0.4, -0.2) is 74.6 Å². The van der Waals surface area contributed by atoms with Crippen molar-refractivity contribution < 1.29 is 14.2 Å². The first-order valence-corrected chi connectivity index (χ1v) is 17.9. The second-order valence-corrected chi connectivity index (χ2v) is 13.3. The lowest BCUT2D eigenvalue weighted by Crippen LogP contribution is -2.46. The van der Waals surface area contributed by atoms with Gasteiger partial charge in [-0.15, -0.1) is 0 Å². The lowest BCUT2D eigenvalue weighted by molar-refractivity contribution is -0.190. The van der Waals surface area contributed by atoms with Crippen molar-refractivity contribution in [2.24, 2.45) is 0 Å². The molecule has 2 aliphatic rings. The summed E-state index contributed by atoms with van der Waals surface area (Å²) < 4.78 is 23.6. The number of rotatable bonds is 13. The average Bonchev–Trinajstić information content (AvgIpc) is 3.91. The molecule has 0 aliphatic carbocycles. The third kappa shape index (κ3) is 7.99.